The molecule has 4 nitrogen and oxygen atoms in total. The van der Waals surface area contributed by atoms with Crippen molar-refractivity contribution in [3.05, 3.63) is 59.7 Å². The second kappa shape index (κ2) is 8.51. The van der Waals surface area contributed by atoms with Crippen LogP contribution in [0.3, 0.4) is 0 Å². The number of carbonyl (C=O) groups is 2. The molecule has 0 unspecified atom stereocenters. The first-order valence-corrected chi connectivity index (χ1v) is 7.88. The van der Waals surface area contributed by atoms with Crippen molar-refractivity contribution in [3.63, 3.8) is 0 Å². The SMILES string of the molecule is CC(=O)c1ccc(OCCCC(=O)Oc2ccccc2C(F)(F)F)cc1. The second-order valence-electron chi connectivity index (χ2n) is 5.50. The fraction of sp³-hybridized carbons (Fsp3) is 0.263. The van der Waals surface area contributed by atoms with Crippen molar-refractivity contribution in [3.8, 4) is 11.5 Å². The monoisotopic (exact) mass is 366 g/mol. The summed E-state index contributed by atoms with van der Waals surface area (Å²) < 4.78 is 48.8. The molecule has 0 saturated carbocycles. The maximum Gasteiger partial charge on any atom is 0.419 e. The molecule has 7 heteroatoms. The molecule has 2 aromatic rings. The van der Waals surface area contributed by atoms with Gasteiger partial charge in [0.2, 0.25) is 0 Å². The first-order chi connectivity index (χ1) is 12.3. The van der Waals surface area contributed by atoms with Gasteiger partial charge in [0.15, 0.2) is 5.78 Å². The fourth-order valence-electron chi connectivity index (χ4n) is 2.16. The lowest BCUT2D eigenvalue weighted by Gasteiger charge is -2.12. The minimum absolute atomic E-state index is 0.0570. The van der Waals surface area contributed by atoms with Crippen LogP contribution in [0.4, 0.5) is 13.2 Å². The van der Waals surface area contributed by atoms with Gasteiger partial charge in [-0.2, -0.15) is 13.2 Å². The zero-order valence-electron chi connectivity index (χ0n) is 14.0. The Morgan fingerprint density at radius 2 is 1.65 bits per heavy atom. The molecule has 138 valence electrons. The Balaban J connectivity index is 1.80. The van der Waals surface area contributed by atoms with E-state index < -0.39 is 23.5 Å². The van der Waals surface area contributed by atoms with Crippen molar-refractivity contribution in [2.45, 2.75) is 25.9 Å². The number of para-hydroxylation sites is 1. The highest BCUT2D eigenvalue weighted by molar-refractivity contribution is 5.94. The molecule has 0 aliphatic heterocycles. The van der Waals surface area contributed by atoms with E-state index >= 15 is 0 Å². The lowest BCUT2D eigenvalue weighted by molar-refractivity contribution is -0.142. The maximum atomic E-state index is 12.8. The predicted molar refractivity (Wildman–Crippen MR) is 88.3 cm³/mol. The predicted octanol–water partition coefficient (Wildman–Crippen LogP) is 4.67. The number of hydrogen-bond acceptors (Lipinski definition) is 4. The molecular weight excluding hydrogens is 349 g/mol. The third-order valence-electron chi connectivity index (χ3n) is 3.47. The third kappa shape index (κ3) is 5.61. The van der Waals surface area contributed by atoms with Gasteiger partial charge in [0.05, 0.1) is 12.2 Å². The molecule has 0 aliphatic rings. The Labute approximate surface area is 148 Å². The number of rotatable bonds is 7. The van der Waals surface area contributed by atoms with E-state index in [4.69, 9.17) is 9.47 Å². The Hall–Kier alpha value is -2.83. The Kier molecular flexibility index (Phi) is 6.38. The van der Waals surface area contributed by atoms with Crippen LogP contribution in [0, 0.1) is 0 Å². The van der Waals surface area contributed by atoms with Crippen LogP contribution in [-0.2, 0) is 11.0 Å². The number of ether oxygens (including phenoxy) is 2. The number of halogens is 3. The van der Waals surface area contributed by atoms with E-state index in [0.29, 0.717) is 11.3 Å². The van der Waals surface area contributed by atoms with Crippen LogP contribution in [0.5, 0.6) is 11.5 Å². The molecule has 0 aromatic heterocycles. The molecule has 0 amide bonds. The number of hydrogen-bond donors (Lipinski definition) is 0. The minimum Gasteiger partial charge on any atom is -0.494 e. The van der Waals surface area contributed by atoms with Gasteiger partial charge in [0.25, 0.3) is 0 Å². The van der Waals surface area contributed by atoms with Crippen LogP contribution in [0.25, 0.3) is 0 Å². The Morgan fingerprint density at radius 3 is 2.27 bits per heavy atom. The number of alkyl halides is 3. The van der Waals surface area contributed by atoms with Gasteiger partial charge in [0, 0.05) is 12.0 Å². The first-order valence-electron chi connectivity index (χ1n) is 7.88. The van der Waals surface area contributed by atoms with Crippen LogP contribution in [0.15, 0.2) is 48.5 Å². The number of ketones is 1. The van der Waals surface area contributed by atoms with Crippen molar-refractivity contribution >= 4 is 11.8 Å². The van der Waals surface area contributed by atoms with E-state index in [1.165, 1.54) is 19.1 Å². The van der Waals surface area contributed by atoms with Crippen LogP contribution in [0.2, 0.25) is 0 Å². The largest absolute Gasteiger partial charge is 0.494 e. The summed E-state index contributed by atoms with van der Waals surface area (Å²) in [6.07, 6.45) is -4.40. The van der Waals surface area contributed by atoms with Crippen molar-refractivity contribution in [2.75, 3.05) is 6.61 Å². The number of carbonyl (C=O) groups excluding carboxylic acids is 2. The van der Waals surface area contributed by atoms with E-state index in [-0.39, 0.29) is 25.2 Å². The molecule has 0 N–H and O–H groups in total. The minimum atomic E-state index is -4.59. The molecule has 2 rings (SSSR count). The number of benzene rings is 2. The van der Waals surface area contributed by atoms with Gasteiger partial charge in [0.1, 0.15) is 11.5 Å². The smallest absolute Gasteiger partial charge is 0.419 e. The molecule has 0 saturated heterocycles. The highest BCUT2D eigenvalue weighted by Gasteiger charge is 2.34. The van der Waals surface area contributed by atoms with E-state index in [1.54, 1.807) is 24.3 Å². The summed E-state index contributed by atoms with van der Waals surface area (Å²) in [5.41, 5.74) is -0.431. The Morgan fingerprint density at radius 1 is 1.00 bits per heavy atom. The second-order valence-corrected chi connectivity index (χ2v) is 5.50. The van der Waals surface area contributed by atoms with E-state index in [1.807, 2.05) is 0 Å². The lowest BCUT2D eigenvalue weighted by Crippen LogP contribution is -2.14. The summed E-state index contributed by atoms with van der Waals surface area (Å²) >= 11 is 0. The lowest BCUT2D eigenvalue weighted by atomic mass is 10.1. The van der Waals surface area contributed by atoms with Gasteiger partial charge in [-0.3, -0.25) is 9.59 Å². The van der Waals surface area contributed by atoms with Crippen LogP contribution < -0.4 is 9.47 Å². The molecule has 0 heterocycles. The number of esters is 1. The molecule has 26 heavy (non-hydrogen) atoms. The van der Waals surface area contributed by atoms with E-state index in [0.717, 1.165) is 12.1 Å². The van der Waals surface area contributed by atoms with E-state index in [2.05, 4.69) is 0 Å². The zero-order chi connectivity index (χ0) is 19.2. The summed E-state index contributed by atoms with van der Waals surface area (Å²) in [6, 6.07) is 11.1. The molecular formula is C19H17F3O4. The topological polar surface area (TPSA) is 52.6 Å². The summed E-state index contributed by atoms with van der Waals surface area (Å²) in [6.45, 7) is 1.65. The summed E-state index contributed by atoms with van der Waals surface area (Å²) in [4.78, 5) is 22.9. The molecule has 0 bridgehead atoms. The van der Waals surface area contributed by atoms with Gasteiger partial charge in [-0.15, -0.1) is 0 Å². The highest BCUT2D eigenvalue weighted by Crippen LogP contribution is 2.36. The van der Waals surface area contributed by atoms with Crippen LogP contribution in [-0.4, -0.2) is 18.4 Å². The van der Waals surface area contributed by atoms with Gasteiger partial charge in [-0.1, -0.05) is 12.1 Å². The summed E-state index contributed by atoms with van der Waals surface area (Å²) in [7, 11) is 0. The average molecular weight is 366 g/mol. The quantitative estimate of drug-likeness (QED) is 0.309. The molecule has 0 spiro atoms. The van der Waals surface area contributed by atoms with Gasteiger partial charge < -0.3 is 9.47 Å². The third-order valence-corrected chi connectivity index (χ3v) is 3.47. The van der Waals surface area contributed by atoms with Crippen LogP contribution >= 0.6 is 0 Å². The molecule has 0 atom stereocenters. The standard InChI is InChI=1S/C19H17F3O4/c1-13(23)14-8-10-15(11-9-14)25-12-4-7-18(24)26-17-6-3-2-5-16(17)19(20,21)22/h2-3,5-6,8-11H,4,7,12H2,1H3. The van der Waals surface area contributed by atoms with Gasteiger partial charge >= 0.3 is 12.1 Å². The van der Waals surface area contributed by atoms with Gasteiger partial charge in [-0.05, 0) is 49.7 Å². The maximum absolute atomic E-state index is 12.8. The zero-order valence-corrected chi connectivity index (χ0v) is 14.0. The molecule has 2 aromatic carbocycles. The summed E-state index contributed by atoms with van der Waals surface area (Å²) in [5, 5.41) is 0. The van der Waals surface area contributed by atoms with Crippen molar-refractivity contribution < 1.29 is 32.2 Å². The fourth-order valence-corrected chi connectivity index (χ4v) is 2.16. The molecule has 0 aliphatic carbocycles. The molecule has 0 fully saturated rings. The van der Waals surface area contributed by atoms with E-state index in [9.17, 15) is 22.8 Å². The molecule has 0 radical (unpaired) electrons. The van der Waals surface area contributed by atoms with Gasteiger partial charge in [-0.25, -0.2) is 0 Å². The normalized spacial score (nSPS) is 11.1. The summed E-state index contributed by atoms with van der Waals surface area (Å²) in [5.74, 6) is -0.799. The van der Waals surface area contributed by atoms with Crippen LogP contribution in [0.1, 0.15) is 35.7 Å². The first kappa shape index (κ1) is 19.5. The average Bonchev–Trinajstić information content (AvgIpc) is 2.58. The van der Waals surface area contributed by atoms with Crippen molar-refractivity contribution in [2.24, 2.45) is 0 Å². The number of Topliss-reactive ketones (excluding diaryl/α,β-unsaturated/α-hetero) is 1. The van der Waals surface area contributed by atoms with Crippen molar-refractivity contribution in [1.29, 1.82) is 0 Å². The van der Waals surface area contributed by atoms with Crippen molar-refractivity contribution in [1.82, 2.24) is 0 Å². The highest BCUT2D eigenvalue weighted by atomic mass is 19.4. The Bertz CT molecular complexity index is 767.